The molecule has 0 bridgehead atoms. The van der Waals surface area contributed by atoms with E-state index in [0.29, 0.717) is 11.1 Å². The van der Waals surface area contributed by atoms with Gasteiger partial charge in [0.15, 0.2) is 6.29 Å². The lowest BCUT2D eigenvalue weighted by Crippen LogP contribution is -2.21. The van der Waals surface area contributed by atoms with Crippen LogP contribution in [0.2, 0.25) is 0 Å². The van der Waals surface area contributed by atoms with Gasteiger partial charge in [-0.15, -0.1) is 0 Å². The molecule has 0 amide bonds. The van der Waals surface area contributed by atoms with Gasteiger partial charge in [0.05, 0.1) is 5.56 Å². The quantitative estimate of drug-likeness (QED) is 0.694. The first-order valence-electron chi connectivity index (χ1n) is 5.01. The lowest BCUT2D eigenvalue weighted by molar-refractivity contribution is 0.112. The molecule has 1 heterocycles. The van der Waals surface area contributed by atoms with Crippen molar-refractivity contribution in [2.24, 2.45) is 12.0 Å². The number of allylic oxidation sites excluding steroid dienone is 2. The van der Waals surface area contributed by atoms with Crippen LogP contribution in [-0.2, 0) is 7.05 Å². The van der Waals surface area contributed by atoms with Gasteiger partial charge in [-0.1, -0.05) is 13.0 Å². The Kier molecular flexibility index (Phi) is 4.03. The number of rotatable bonds is 3. The van der Waals surface area contributed by atoms with Gasteiger partial charge in [0.2, 0.25) is 0 Å². The zero-order valence-corrected chi connectivity index (χ0v) is 9.40. The van der Waals surface area contributed by atoms with Gasteiger partial charge in [-0.05, 0) is 25.5 Å². The molecule has 0 aliphatic carbocycles. The number of hydrogen-bond acceptors (Lipinski definition) is 2. The first kappa shape index (κ1) is 11.4. The molecule has 3 nitrogen and oxygen atoms in total. The maximum atomic E-state index is 10.8. The predicted molar refractivity (Wildman–Crippen MR) is 60.4 cm³/mol. The number of carbonyl (C=O) groups excluding carboxylic acids is 1. The number of aryl methyl sites for hydroxylation is 1. The third kappa shape index (κ3) is 2.91. The van der Waals surface area contributed by atoms with Gasteiger partial charge in [0, 0.05) is 18.9 Å². The van der Waals surface area contributed by atoms with Crippen molar-refractivity contribution in [1.29, 1.82) is 0 Å². The van der Waals surface area contributed by atoms with Crippen LogP contribution < -0.4 is 5.49 Å². The number of hydrogen-bond donors (Lipinski definition) is 0. The fraction of sp³-hybridized carbons (Fsp3) is 0.333. The van der Waals surface area contributed by atoms with Crippen LogP contribution in [0.5, 0.6) is 0 Å². The minimum atomic E-state index is 0.615. The minimum Gasteiger partial charge on any atom is -0.336 e. The first-order valence-corrected chi connectivity index (χ1v) is 5.01. The van der Waals surface area contributed by atoms with Crippen LogP contribution in [0.25, 0.3) is 0 Å². The second-order valence-corrected chi connectivity index (χ2v) is 3.38. The molecule has 15 heavy (non-hydrogen) atoms. The van der Waals surface area contributed by atoms with Crippen molar-refractivity contribution in [3.8, 4) is 0 Å². The standard InChI is InChI=1S/C12H16N2O/c1-4-6-10(2)13-12-11(9-15)7-5-8-14(12)3/h5-9H,4H2,1-3H3/b10-6-,13-12?. The van der Waals surface area contributed by atoms with E-state index in [1.165, 1.54) is 0 Å². The summed E-state index contributed by atoms with van der Waals surface area (Å²) >= 11 is 0. The van der Waals surface area contributed by atoms with Gasteiger partial charge >= 0.3 is 0 Å². The van der Waals surface area contributed by atoms with Crippen molar-refractivity contribution in [2.45, 2.75) is 20.3 Å². The zero-order valence-electron chi connectivity index (χ0n) is 9.40. The molecule has 0 saturated heterocycles. The van der Waals surface area contributed by atoms with E-state index in [1.54, 1.807) is 6.07 Å². The molecule has 1 aromatic rings. The van der Waals surface area contributed by atoms with E-state index >= 15 is 0 Å². The fourth-order valence-electron chi connectivity index (χ4n) is 1.37. The summed E-state index contributed by atoms with van der Waals surface area (Å²) in [5, 5.41) is 0. The Labute approximate surface area is 89.8 Å². The molecule has 0 aliphatic rings. The number of carbonyl (C=O) groups is 1. The molecule has 0 unspecified atom stereocenters. The second kappa shape index (κ2) is 5.29. The monoisotopic (exact) mass is 204 g/mol. The molecule has 0 N–H and O–H groups in total. The molecule has 0 aromatic carbocycles. The second-order valence-electron chi connectivity index (χ2n) is 3.38. The first-order chi connectivity index (χ1) is 7.19. The number of aldehydes is 1. The molecular formula is C12H16N2O. The summed E-state index contributed by atoms with van der Waals surface area (Å²) in [5.41, 5.74) is 2.25. The maximum Gasteiger partial charge on any atom is 0.153 e. The highest BCUT2D eigenvalue weighted by molar-refractivity contribution is 5.73. The molecule has 0 fully saturated rings. The van der Waals surface area contributed by atoms with Crippen LogP contribution in [0.1, 0.15) is 30.6 Å². The van der Waals surface area contributed by atoms with E-state index < -0.39 is 0 Å². The highest BCUT2D eigenvalue weighted by Gasteiger charge is 1.96. The van der Waals surface area contributed by atoms with Crippen molar-refractivity contribution in [3.05, 3.63) is 41.2 Å². The Morgan fingerprint density at radius 2 is 2.33 bits per heavy atom. The lowest BCUT2D eigenvalue weighted by Gasteiger charge is -2.01. The Bertz CT molecular complexity index is 441. The van der Waals surface area contributed by atoms with Gasteiger partial charge in [-0.2, -0.15) is 0 Å². The Balaban J connectivity index is 3.34. The van der Waals surface area contributed by atoms with Gasteiger partial charge in [-0.25, -0.2) is 4.99 Å². The molecule has 3 heteroatoms. The molecule has 0 radical (unpaired) electrons. The van der Waals surface area contributed by atoms with E-state index in [1.807, 2.05) is 36.9 Å². The maximum absolute atomic E-state index is 10.8. The number of pyridine rings is 1. The average Bonchev–Trinajstić information content (AvgIpc) is 2.21. The Morgan fingerprint density at radius 3 is 2.93 bits per heavy atom. The van der Waals surface area contributed by atoms with Gasteiger partial charge in [0.1, 0.15) is 5.49 Å². The zero-order chi connectivity index (χ0) is 11.3. The van der Waals surface area contributed by atoms with Crippen molar-refractivity contribution in [3.63, 3.8) is 0 Å². The van der Waals surface area contributed by atoms with Crippen molar-refractivity contribution >= 4 is 6.29 Å². The Morgan fingerprint density at radius 1 is 1.60 bits per heavy atom. The van der Waals surface area contributed by atoms with Crippen molar-refractivity contribution in [2.75, 3.05) is 0 Å². The molecule has 1 rings (SSSR count). The smallest absolute Gasteiger partial charge is 0.153 e. The molecule has 0 aliphatic heterocycles. The van der Waals surface area contributed by atoms with E-state index in [9.17, 15) is 4.79 Å². The molecule has 1 aromatic heterocycles. The SMILES string of the molecule is CC/C=C(/C)N=c1c(C=O)cccn1C. The summed E-state index contributed by atoms with van der Waals surface area (Å²) in [4.78, 5) is 15.2. The normalized spacial score (nSPS) is 13.0. The summed E-state index contributed by atoms with van der Waals surface area (Å²) in [6.45, 7) is 4.00. The van der Waals surface area contributed by atoms with Crippen LogP contribution >= 0.6 is 0 Å². The summed E-state index contributed by atoms with van der Waals surface area (Å²) in [6, 6.07) is 3.60. The molecule has 80 valence electrons. The van der Waals surface area contributed by atoms with E-state index in [-0.39, 0.29) is 0 Å². The van der Waals surface area contributed by atoms with Gasteiger partial charge in [0.25, 0.3) is 0 Å². The van der Waals surface area contributed by atoms with Crippen LogP contribution in [0.3, 0.4) is 0 Å². The molecule has 0 spiro atoms. The molecular weight excluding hydrogens is 188 g/mol. The van der Waals surface area contributed by atoms with Crippen LogP contribution in [-0.4, -0.2) is 10.9 Å². The highest BCUT2D eigenvalue weighted by atomic mass is 16.1. The van der Waals surface area contributed by atoms with Crippen LogP contribution in [0.15, 0.2) is 35.1 Å². The van der Waals surface area contributed by atoms with Crippen LogP contribution in [0, 0.1) is 0 Å². The highest BCUT2D eigenvalue weighted by Crippen LogP contribution is 1.96. The summed E-state index contributed by atoms with van der Waals surface area (Å²) < 4.78 is 1.84. The minimum absolute atomic E-state index is 0.615. The predicted octanol–water partition coefficient (Wildman–Crippen LogP) is 2.05. The largest absolute Gasteiger partial charge is 0.336 e. The van der Waals surface area contributed by atoms with E-state index in [4.69, 9.17) is 0 Å². The van der Waals surface area contributed by atoms with E-state index in [0.717, 1.165) is 18.4 Å². The lowest BCUT2D eigenvalue weighted by atomic mass is 10.3. The van der Waals surface area contributed by atoms with Crippen molar-refractivity contribution in [1.82, 2.24) is 4.57 Å². The number of aromatic nitrogens is 1. The molecule has 0 saturated carbocycles. The van der Waals surface area contributed by atoms with Gasteiger partial charge in [-0.3, -0.25) is 4.79 Å². The Hall–Kier alpha value is -1.64. The topological polar surface area (TPSA) is 34.4 Å². The average molecular weight is 204 g/mol. The summed E-state index contributed by atoms with van der Waals surface area (Å²) in [7, 11) is 1.88. The fourth-order valence-corrected chi connectivity index (χ4v) is 1.37. The van der Waals surface area contributed by atoms with Crippen molar-refractivity contribution < 1.29 is 4.79 Å². The summed E-state index contributed by atoms with van der Waals surface area (Å²) in [6.07, 6.45) is 5.69. The third-order valence-corrected chi connectivity index (χ3v) is 2.09. The molecule has 0 atom stereocenters. The van der Waals surface area contributed by atoms with Gasteiger partial charge < -0.3 is 4.57 Å². The summed E-state index contributed by atoms with van der Waals surface area (Å²) in [5.74, 6) is 0. The van der Waals surface area contributed by atoms with E-state index in [2.05, 4.69) is 11.9 Å². The van der Waals surface area contributed by atoms with Crippen LogP contribution in [0.4, 0.5) is 0 Å². The third-order valence-electron chi connectivity index (χ3n) is 2.09. The number of nitrogens with zero attached hydrogens (tertiary/aromatic N) is 2.